The summed E-state index contributed by atoms with van der Waals surface area (Å²) < 4.78 is 6.66. The smallest absolute Gasteiger partial charge is 0.133 e. The second-order valence-corrected chi connectivity index (χ2v) is 5.86. The first-order valence-electron chi connectivity index (χ1n) is 7.26. The van der Waals surface area contributed by atoms with Crippen LogP contribution in [0, 0.1) is 0 Å². The summed E-state index contributed by atoms with van der Waals surface area (Å²) >= 11 is 3.57. The molecule has 1 atom stereocenters. The van der Waals surface area contributed by atoms with Gasteiger partial charge in [0.2, 0.25) is 0 Å². The highest BCUT2D eigenvalue weighted by Crippen LogP contribution is 2.28. The summed E-state index contributed by atoms with van der Waals surface area (Å²) in [5.74, 6) is 1.13. The molecule has 1 aromatic heterocycles. The van der Waals surface area contributed by atoms with Gasteiger partial charge >= 0.3 is 0 Å². The van der Waals surface area contributed by atoms with Crippen LogP contribution < -0.4 is 10.5 Å². The first-order valence-corrected chi connectivity index (χ1v) is 8.06. The highest BCUT2D eigenvalue weighted by Gasteiger charge is 2.13. The predicted octanol–water partition coefficient (Wildman–Crippen LogP) is 3.92. The zero-order valence-corrected chi connectivity index (χ0v) is 13.8. The molecular formula is C17H21BrN2O. The van der Waals surface area contributed by atoms with Gasteiger partial charge in [-0.3, -0.25) is 4.98 Å². The zero-order valence-electron chi connectivity index (χ0n) is 12.3. The largest absolute Gasteiger partial charge is 0.492 e. The number of halogens is 1. The molecule has 0 radical (unpaired) electrons. The number of pyridine rings is 1. The van der Waals surface area contributed by atoms with Gasteiger partial charge in [-0.25, -0.2) is 0 Å². The summed E-state index contributed by atoms with van der Waals surface area (Å²) in [6.07, 6.45) is 3.69. The van der Waals surface area contributed by atoms with Crippen molar-refractivity contribution in [1.29, 1.82) is 0 Å². The summed E-state index contributed by atoms with van der Waals surface area (Å²) in [4.78, 5) is 4.41. The Hall–Kier alpha value is -1.39. The quantitative estimate of drug-likeness (QED) is 0.824. The molecule has 1 aromatic carbocycles. The molecule has 0 aliphatic rings. The van der Waals surface area contributed by atoms with Gasteiger partial charge in [0.25, 0.3) is 0 Å². The maximum absolute atomic E-state index is 5.91. The van der Waals surface area contributed by atoms with Crippen molar-refractivity contribution in [2.45, 2.75) is 25.7 Å². The van der Waals surface area contributed by atoms with Crippen LogP contribution in [-0.4, -0.2) is 18.1 Å². The Morgan fingerprint density at radius 1 is 1.29 bits per heavy atom. The summed E-state index contributed by atoms with van der Waals surface area (Å²) in [5, 5.41) is 0. The van der Waals surface area contributed by atoms with E-state index in [1.165, 1.54) is 5.56 Å². The van der Waals surface area contributed by atoms with Gasteiger partial charge in [0.1, 0.15) is 5.75 Å². The fourth-order valence-electron chi connectivity index (χ4n) is 2.21. The summed E-state index contributed by atoms with van der Waals surface area (Å²) in [7, 11) is 0. The molecule has 3 nitrogen and oxygen atoms in total. The van der Waals surface area contributed by atoms with Crippen LogP contribution in [-0.2, 0) is 6.42 Å². The summed E-state index contributed by atoms with van der Waals surface area (Å²) in [5.41, 5.74) is 8.18. The highest BCUT2D eigenvalue weighted by molar-refractivity contribution is 9.10. The first kappa shape index (κ1) is 16.0. The van der Waals surface area contributed by atoms with Crippen LogP contribution in [0.4, 0.5) is 0 Å². The fourth-order valence-corrected chi connectivity index (χ4v) is 2.75. The Bertz CT molecular complexity index is 560. The molecule has 0 amide bonds. The predicted molar refractivity (Wildman–Crippen MR) is 89.7 cm³/mol. The van der Waals surface area contributed by atoms with Gasteiger partial charge in [-0.1, -0.05) is 19.1 Å². The fraction of sp³-hybridized carbons (Fsp3) is 0.353. The SMILES string of the molecule is CCCOc1ccc(CC(CN)c2ccccn2)cc1Br. The van der Waals surface area contributed by atoms with Crippen LogP contribution in [0.15, 0.2) is 47.1 Å². The molecule has 0 bridgehead atoms. The topological polar surface area (TPSA) is 48.1 Å². The number of rotatable bonds is 7. The third-order valence-corrected chi connectivity index (χ3v) is 3.95. The lowest BCUT2D eigenvalue weighted by Crippen LogP contribution is -2.16. The average molecular weight is 349 g/mol. The zero-order chi connectivity index (χ0) is 15.1. The number of aromatic nitrogens is 1. The molecule has 0 saturated carbocycles. The molecule has 0 saturated heterocycles. The third kappa shape index (κ3) is 4.55. The molecule has 21 heavy (non-hydrogen) atoms. The van der Waals surface area contributed by atoms with Crippen LogP contribution in [0.25, 0.3) is 0 Å². The number of benzene rings is 1. The van der Waals surface area contributed by atoms with Crippen molar-refractivity contribution in [3.05, 3.63) is 58.3 Å². The summed E-state index contributed by atoms with van der Waals surface area (Å²) in [6, 6.07) is 12.2. The number of hydrogen-bond acceptors (Lipinski definition) is 3. The maximum atomic E-state index is 5.91. The highest BCUT2D eigenvalue weighted by atomic mass is 79.9. The average Bonchev–Trinajstić information content (AvgIpc) is 2.52. The lowest BCUT2D eigenvalue weighted by Gasteiger charge is -2.15. The van der Waals surface area contributed by atoms with E-state index in [-0.39, 0.29) is 5.92 Å². The Balaban J connectivity index is 2.10. The van der Waals surface area contributed by atoms with E-state index in [0.29, 0.717) is 6.54 Å². The van der Waals surface area contributed by atoms with Crippen LogP contribution in [0.1, 0.15) is 30.5 Å². The van der Waals surface area contributed by atoms with Gasteiger partial charge in [-0.15, -0.1) is 0 Å². The van der Waals surface area contributed by atoms with Gasteiger partial charge in [-0.05, 0) is 58.6 Å². The number of nitrogens with two attached hydrogens (primary N) is 1. The van der Waals surface area contributed by atoms with E-state index in [4.69, 9.17) is 10.5 Å². The molecule has 0 spiro atoms. The van der Waals surface area contributed by atoms with E-state index in [9.17, 15) is 0 Å². The standard InChI is InChI=1S/C17H21BrN2O/c1-2-9-21-17-7-6-13(11-15(17)18)10-14(12-19)16-5-3-4-8-20-16/h3-8,11,14H,2,9-10,12,19H2,1H3. The molecular weight excluding hydrogens is 328 g/mol. The molecule has 112 valence electrons. The van der Waals surface area contributed by atoms with Gasteiger partial charge in [-0.2, -0.15) is 0 Å². The lowest BCUT2D eigenvalue weighted by molar-refractivity contribution is 0.315. The van der Waals surface area contributed by atoms with E-state index in [0.717, 1.165) is 35.4 Å². The van der Waals surface area contributed by atoms with E-state index < -0.39 is 0 Å². The van der Waals surface area contributed by atoms with Crippen LogP contribution in [0.2, 0.25) is 0 Å². The Kier molecular flexibility index (Phi) is 6.21. The van der Waals surface area contributed by atoms with Crippen LogP contribution in [0.5, 0.6) is 5.75 Å². The van der Waals surface area contributed by atoms with Crippen LogP contribution >= 0.6 is 15.9 Å². The monoisotopic (exact) mass is 348 g/mol. The maximum Gasteiger partial charge on any atom is 0.133 e. The van der Waals surface area contributed by atoms with Gasteiger partial charge in [0, 0.05) is 24.4 Å². The van der Waals surface area contributed by atoms with Crippen LogP contribution in [0.3, 0.4) is 0 Å². The lowest BCUT2D eigenvalue weighted by atomic mass is 9.96. The van der Waals surface area contributed by atoms with Crippen molar-refractivity contribution in [3.8, 4) is 5.75 Å². The molecule has 0 fully saturated rings. The normalized spacial score (nSPS) is 12.1. The van der Waals surface area contributed by atoms with Crippen molar-refractivity contribution in [3.63, 3.8) is 0 Å². The molecule has 2 N–H and O–H groups in total. The third-order valence-electron chi connectivity index (χ3n) is 3.33. The first-order chi connectivity index (χ1) is 10.2. The Labute approximate surface area is 134 Å². The second kappa shape index (κ2) is 8.15. The molecule has 2 aromatic rings. The minimum Gasteiger partial charge on any atom is -0.492 e. The number of ether oxygens (including phenoxy) is 1. The molecule has 1 unspecified atom stereocenters. The molecule has 0 aliphatic carbocycles. The van der Waals surface area contributed by atoms with E-state index >= 15 is 0 Å². The van der Waals surface area contributed by atoms with Gasteiger partial charge in [0.15, 0.2) is 0 Å². The van der Waals surface area contributed by atoms with Gasteiger partial charge in [0.05, 0.1) is 11.1 Å². The van der Waals surface area contributed by atoms with Crippen molar-refractivity contribution in [2.24, 2.45) is 5.73 Å². The van der Waals surface area contributed by atoms with E-state index in [2.05, 4.69) is 40.0 Å². The number of hydrogen-bond donors (Lipinski definition) is 1. The molecule has 4 heteroatoms. The van der Waals surface area contributed by atoms with Gasteiger partial charge < -0.3 is 10.5 Å². The Morgan fingerprint density at radius 3 is 2.76 bits per heavy atom. The minimum absolute atomic E-state index is 0.237. The number of nitrogens with zero attached hydrogens (tertiary/aromatic N) is 1. The summed E-state index contributed by atoms with van der Waals surface area (Å²) in [6.45, 7) is 3.42. The van der Waals surface area contributed by atoms with Crippen molar-refractivity contribution in [2.75, 3.05) is 13.2 Å². The van der Waals surface area contributed by atoms with Crippen molar-refractivity contribution in [1.82, 2.24) is 4.98 Å². The van der Waals surface area contributed by atoms with E-state index in [1.807, 2.05) is 30.5 Å². The molecule has 1 heterocycles. The molecule has 0 aliphatic heterocycles. The second-order valence-electron chi connectivity index (χ2n) is 5.00. The van der Waals surface area contributed by atoms with Crippen molar-refractivity contribution < 1.29 is 4.74 Å². The van der Waals surface area contributed by atoms with Crippen molar-refractivity contribution >= 4 is 15.9 Å². The Morgan fingerprint density at radius 2 is 2.14 bits per heavy atom. The minimum atomic E-state index is 0.237. The van der Waals surface area contributed by atoms with E-state index in [1.54, 1.807) is 0 Å². The molecule has 2 rings (SSSR count).